The Balaban J connectivity index is 1.56. The van der Waals surface area contributed by atoms with Gasteiger partial charge in [0.2, 0.25) is 5.89 Å². The van der Waals surface area contributed by atoms with Crippen molar-refractivity contribution in [2.45, 2.75) is 30.7 Å². The monoisotopic (exact) mass is 423 g/mol. The molecule has 0 fully saturated rings. The number of benzene rings is 1. The molecule has 0 bridgehead atoms. The Morgan fingerprint density at radius 2 is 1.91 bits per heavy atom. The Morgan fingerprint density at radius 1 is 1.16 bits per heavy atom. The summed E-state index contributed by atoms with van der Waals surface area (Å²) in [5.74, 6) is -1.25. The SMILES string of the molecule is [B]C([B])([B])N1C(=O)[C@@H](NC(=O)c2nnc(Cc3ccccc3)o2)[C@@H](C)Oc2cccnc21. The molecule has 3 aromatic rings. The van der Waals surface area contributed by atoms with Gasteiger partial charge >= 0.3 is 11.8 Å². The van der Waals surface area contributed by atoms with Gasteiger partial charge in [-0.25, -0.2) is 4.98 Å². The van der Waals surface area contributed by atoms with Crippen LogP contribution in [0.5, 0.6) is 5.75 Å². The van der Waals surface area contributed by atoms with Crippen LogP contribution in [0.1, 0.15) is 29.1 Å². The smallest absolute Gasteiger partial charge is 0.309 e. The number of nitrogens with zero attached hydrogens (tertiary/aromatic N) is 4. The van der Waals surface area contributed by atoms with Crippen molar-refractivity contribution in [1.82, 2.24) is 20.5 Å². The summed E-state index contributed by atoms with van der Waals surface area (Å²) in [6.45, 7) is 1.60. The number of carbonyl (C=O) groups is 2. The predicted octanol–water partition coefficient (Wildman–Crippen LogP) is 0.0847. The Bertz CT molecular complexity index is 1140. The average molecular weight is 423 g/mol. The van der Waals surface area contributed by atoms with Gasteiger partial charge in [-0.3, -0.25) is 9.59 Å². The Morgan fingerprint density at radius 3 is 2.62 bits per heavy atom. The number of nitrogens with one attached hydrogen (secondary N) is 1. The van der Waals surface area contributed by atoms with Crippen molar-refractivity contribution < 1.29 is 18.7 Å². The third-order valence-corrected chi connectivity index (χ3v) is 4.76. The highest BCUT2D eigenvalue weighted by Gasteiger charge is 2.42. The van der Waals surface area contributed by atoms with Gasteiger partial charge < -0.3 is 19.4 Å². The Hall–Kier alpha value is -3.56. The van der Waals surface area contributed by atoms with Crippen molar-refractivity contribution >= 4 is 41.2 Å². The summed E-state index contributed by atoms with van der Waals surface area (Å²) in [7, 11) is 17.5. The molecule has 6 radical (unpaired) electrons. The molecular weight excluding hydrogens is 407 g/mol. The second-order valence-corrected chi connectivity index (χ2v) is 7.32. The summed E-state index contributed by atoms with van der Waals surface area (Å²) in [5, 5.41) is 8.12. The van der Waals surface area contributed by atoms with Gasteiger partial charge in [0.1, 0.15) is 12.1 Å². The van der Waals surface area contributed by atoms with Crippen LogP contribution in [0.2, 0.25) is 0 Å². The van der Waals surface area contributed by atoms with Gasteiger partial charge in [-0.2, -0.15) is 0 Å². The molecule has 3 heterocycles. The fourth-order valence-electron chi connectivity index (χ4n) is 3.30. The third-order valence-electron chi connectivity index (χ3n) is 4.76. The van der Waals surface area contributed by atoms with Gasteiger partial charge in [-0.05, 0) is 24.6 Å². The van der Waals surface area contributed by atoms with Gasteiger partial charge in [0.05, 0.1) is 30.0 Å². The first-order chi connectivity index (χ1) is 15.2. The van der Waals surface area contributed by atoms with Gasteiger partial charge in [-0.1, -0.05) is 35.6 Å². The third kappa shape index (κ3) is 4.39. The number of aromatic nitrogens is 3. The fourth-order valence-corrected chi connectivity index (χ4v) is 3.30. The molecule has 1 aliphatic rings. The molecule has 2 amide bonds. The van der Waals surface area contributed by atoms with E-state index in [9.17, 15) is 9.59 Å². The number of fused-ring (bicyclic) bond motifs is 1. The molecule has 0 aliphatic carbocycles. The summed E-state index contributed by atoms with van der Waals surface area (Å²) in [5.41, 5.74) is 0.940. The first-order valence-corrected chi connectivity index (χ1v) is 9.73. The summed E-state index contributed by atoms with van der Waals surface area (Å²) in [4.78, 5) is 31.0. The molecule has 0 saturated carbocycles. The first kappa shape index (κ1) is 21.7. The zero-order chi connectivity index (χ0) is 22.9. The molecule has 0 spiro atoms. The van der Waals surface area contributed by atoms with E-state index in [1.807, 2.05) is 30.3 Å². The zero-order valence-electron chi connectivity index (χ0n) is 17.1. The van der Waals surface area contributed by atoms with Crippen molar-refractivity contribution in [2.24, 2.45) is 0 Å². The Kier molecular flexibility index (Phi) is 5.77. The normalized spacial score (nSPS) is 18.4. The second-order valence-electron chi connectivity index (χ2n) is 7.32. The lowest BCUT2D eigenvalue weighted by molar-refractivity contribution is -0.122. The van der Waals surface area contributed by atoms with Crippen LogP contribution in [-0.4, -0.2) is 67.9 Å². The Labute approximate surface area is 188 Å². The molecule has 2 atom stereocenters. The molecule has 1 aliphatic heterocycles. The lowest BCUT2D eigenvalue weighted by Crippen LogP contribution is -2.61. The van der Waals surface area contributed by atoms with Crippen LogP contribution in [0.3, 0.4) is 0 Å². The number of pyridine rings is 1. The molecule has 9 nitrogen and oxygen atoms in total. The number of hydrogen-bond donors (Lipinski definition) is 1. The lowest BCUT2D eigenvalue weighted by atomic mass is 9.48. The summed E-state index contributed by atoms with van der Waals surface area (Å²) >= 11 is 0. The molecule has 32 heavy (non-hydrogen) atoms. The zero-order valence-corrected chi connectivity index (χ0v) is 17.1. The van der Waals surface area contributed by atoms with E-state index in [1.165, 1.54) is 6.20 Å². The van der Waals surface area contributed by atoms with Gasteiger partial charge in [-0.15, -0.1) is 10.2 Å². The van der Waals surface area contributed by atoms with Crippen molar-refractivity contribution in [3.05, 3.63) is 66.0 Å². The maximum Gasteiger partial charge on any atom is 0.309 e. The molecular formula is C20H16B3N5O4. The highest BCUT2D eigenvalue weighted by atomic mass is 16.5. The first-order valence-electron chi connectivity index (χ1n) is 9.73. The van der Waals surface area contributed by atoms with Crippen molar-refractivity contribution in [1.29, 1.82) is 0 Å². The molecule has 154 valence electrons. The second kappa shape index (κ2) is 8.53. The van der Waals surface area contributed by atoms with Crippen LogP contribution < -0.4 is 15.0 Å². The number of rotatable bonds is 5. The lowest BCUT2D eigenvalue weighted by Gasteiger charge is -2.37. The molecule has 0 unspecified atom stereocenters. The number of hydrogen-bond acceptors (Lipinski definition) is 7. The maximum absolute atomic E-state index is 13.3. The standard InChI is InChI=1S/C20H16B3N5O4/c1-11-15(19(30)28(20(21,22)23)16-13(31-11)8-5-9-24-16)25-17(29)18-27-26-14(32-18)10-12-6-3-2-4-7-12/h2-9,11,15H,10H2,1H3,(H,25,29)/t11-,15+/m1/s1. The minimum Gasteiger partial charge on any atom is -0.484 e. The van der Waals surface area contributed by atoms with Gasteiger partial charge in [0.15, 0.2) is 11.6 Å². The van der Waals surface area contributed by atoms with Crippen molar-refractivity contribution in [3.63, 3.8) is 0 Å². The largest absolute Gasteiger partial charge is 0.484 e. The molecule has 4 rings (SSSR count). The minimum absolute atomic E-state index is 0.0385. The summed E-state index contributed by atoms with van der Waals surface area (Å²) in [6.07, 6.45) is 0.978. The van der Waals surface area contributed by atoms with Crippen LogP contribution in [0.25, 0.3) is 0 Å². The maximum atomic E-state index is 13.3. The van der Waals surface area contributed by atoms with Crippen LogP contribution in [0, 0.1) is 0 Å². The van der Waals surface area contributed by atoms with E-state index in [2.05, 4.69) is 20.5 Å². The van der Waals surface area contributed by atoms with E-state index < -0.39 is 29.2 Å². The average Bonchev–Trinajstić information content (AvgIpc) is 3.17. The van der Waals surface area contributed by atoms with Gasteiger partial charge in [0, 0.05) is 6.20 Å². The van der Waals surface area contributed by atoms with Crippen LogP contribution in [-0.2, 0) is 11.2 Å². The van der Waals surface area contributed by atoms with E-state index in [1.54, 1.807) is 19.1 Å². The molecule has 1 aromatic carbocycles. The molecule has 0 saturated heterocycles. The predicted molar refractivity (Wildman–Crippen MR) is 117 cm³/mol. The van der Waals surface area contributed by atoms with Crippen LogP contribution >= 0.6 is 0 Å². The summed E-state index contributed by atoms with van der Waals surface area (Å²) < 4.78 is 11.3. The highest BCUT2D eigenvalue weighted by Crippen LogP contribution is 2.33. The van der Waals surface area contributed by atoms with Gasteiger partial charge in [0.25, 0.3) is 5.91 Å². The van der Waals surface area contributed by atoms with E-state index in [4.69, 9.17) is 32.7 Å². The molecule has 12 heteroatoms. The molecule has 1 N–H and O–H groups in total. The highest BCUT2D eigenvalue weighted by molar-refractivity contribution is 6.62. The van der Waals surface area contributed by atoms with Crippen molar-refractivity contribution in [3.8, 4) is 5.75 Å². The van der Waals surface area contributed by atoms with Crippen LogP contribution in [0.4, 0.5) is 5.82 Å². The van der Waals surface area contributed by atoms with E-state index in [0.717, 1.165) is 10.5 Å². The van der Waals surface area contributed by atoms with E-state index in [-0.39, 0.29) is 23.3 Å². The number of ether oxygens (including phenoxy) is 1. The number of amides is 2. The van der Waals surface area contributed by atoms with Crippen molar-refractivity contribution in [2.75, 3.05) is 4.90 Å². The summed E-state index contributed by atoms with van der Waals surface area (Å²) in [6, 6.07) is 11.4. The topological polar surface area (TPSA) is 110 Å². The molecule has 2 aromatic heterocycles. The number of carbonyl (C=O) groups excluding carboxylic acids is 2. The quantitative estimate of drug-likeness (QED) is 0.580. The van der Waals surface area contributed by atoms with Crippen LogP contribution in [0.15, 0.2) is 53.1 Å². The van der Waals surface area contributed by atoms with E-state index >= 15 is 0 Å². The minimum atomic E-state index is -2.09. The fraction of sp³-hybridized carbons (Fsp3) is 0.250. The number of anilines is 1. The van der Waals surface area contributed by atoms with E-state index in [0.29, 0.717) is 6.42 Å².